The van der Waals surface area contributed by atoms with Gasteiger partial charge >= 0.3 is 0 Å². The quantitative estimate of drug-likeness (QED) is 0.832. The smallest absolute Gasteiger partial charge is 0.131 e. The fourth-order valence-corrected chi connectivity index (χ4v) is 3.86. The summed E-state index contributed by atoms with van der Waals surface area (Å²) < 4.78 is 0. The molecule has 1 aromatic heterocycles. The molecule has 1 heterocycles. The van der Waals surface area contributed by atoms with Crippen molar-refractivity contribution >= 4 is 11.8 Å². The van der Waals surface area contributed by atoms with Gasteiger partial charge in [0.1, 0.15) is 5.82 Å². The summed E-state index contributed by atoms with van der Waals surface area (Å²) in [4.78, 5) is 10.2. The molecule has 1 fully saturated rings. The summed E-state index contributed by atoms with van der Waals surface area (Å²) in [5.41, 5.74) is 0. The lowest BCUT2D eigenvalue weighted by atomic mass is 9.88. The summed E-state index contributed by atoms with van der Waals surface area (Å²) >= 11 is 2.02. The van der Waals surface area contributed by atoms with Crippen molar-refractivity contribution in [3.63, 3.8) is 0 Å². The van der Waals surface area contributed by atoms with E-state index in [1.165, 1.54) is 30.6 Å². The number of thioether (sulfide) groups is 1. The van der Waals surface area contributed by atoms with E-state index in [4.69, 9.17) is 0 Å². The maximum Gasteiger partial charge on any atom is 0.131 e. The lowest BCUT2D eigenvalue weighted by Gasteiger charge is -2.27. The van der Waals surface area contributed by atoms with Gasteiger partial charge in [-0.2, -0.15) is 0 Å². The van der Waals surface area contributed by atoms with Crippen molar-refractivity contribution in [3.8, 4) is 0 Å². The SMILES string of the molecule is c1ccc(SC2CCC(c3ncccn3)CC2)cc1. The predicted molar refractivity (Wildman–Crippen MR) is 79.3 cm³/mol. The fourth-order valence-electron chi connectivity index (χ4n) is 2.65. The predicted octanol–water partition coefficient (Wildman–Crippen LogP) is 4.30. The Morgan fingerprint density at radius 2 is 1.53 bits per heavy atom. The van der Waals surface area contributed by atoms with Gasteiger partial charge in [-0.15, -0.1) is 11.8 Å². The van der Waals surface area contributed by atoms with E-state index in [1.807, 2.05) is 30.2 Å². The minimum Gasteiger partial charge on any atom is -0.241 e. The Labute approximate surface area is 118 Å². The van der Waals surface area contributed by atoms with E-state index in [1.54, 1.807) is 0 Å². The molecule has 0 N–H and O–H groups in total. The van der Waals surface area contributed by atoms with Crippen LogP contribution in [0, 0.1) is 0 Å². The highest BCUT2D eigenvalue weighted by molar-refractivity contribution is 8.00. The second kappa shape index (κ2) is 6.20. The molecule has 0 amide bonds. The molecule has 0 radical (unpaired) electrons. The van der Waals surface area contributed by atoms with Crippen LogP contribution in [0.25, 0.3) is 0 Å². The molecular weight excluding hydrogens is 252 g/mol. The van der Waals surface area contributed by atoms with E-state index in [0.717, 1.165) is 11.1 Å². The zero-order chi connectivity index (χ0) is 12.9. The average Bonchev–Trinajstić information content (AvgIpc) is 2.50. The van der Waals surface area contributed by atoms with Crippen molar-refractivity contribution in [3.05, 3.63) is 54.6 Å². The van der Waals surface area contributed by atoms with E-state index in [9.17, 15) is 0 Å². The molecule has 1 aliphatic rings. The van der Waals surface area contributed by atoms with Crippen LogP contribution in [0.15, 0.2) is 53.7 Å². The maximum atomic E-state index is 4.39. The molecule has 1 saturated carbocycles. The summed E-state index contributed by atoms with van der Waals surface area (Å²) in [6.45, 7) is 0. The van der Waals surface area contributed by atoms with Crippen LogP contribution >= 0.6 is 11.8 Å². The topological polar surface area (TPSA) is 25.8 Å². The maximum absolute atomic E-state index is 4.39. The lowest BCUT2D eigenvalue weighted by molar-refractivity contribution is 0.437. The number of hydrogen-bond donors (Lipinski definition) is 0. The van der Waals surface area contributed by atoms with Gasteiger partial charge in [0.15, 0.2) is 0 Å². The van der Waals surface area contributed by atoms with Crippen molar-refractivity contribution < 1.29 is 0 Å². The fraction of sp³-hybridized carbons (Fsp3) is 0.375. The Morgan fingerprint density at radius 1 is 0.842 bits per heavy atom. The molecule has 0 unspecified atom stereocenters. The molecule has 2 nitrogen and oxygen atoms in total. The Morgan fingerprint density at radius 3 is 2.21 bits per heavy atom. The van der Waals surface area contributed by atoms with Crippen molar-refractivity contribution in [2.24, 2.45) is 0 Å². The molecule has 3 heteroatoms. The van der Waals surface area contributed by atoms with Crippen LogP contribution in [0.1, 0.15) is 37.4 Å². The summed E-state index contributed by atoms with van der Waals surface area (Å²) in [6, 6.07) is 12.6. The van der Waals surface area contributed by atoms with Crippen LogP contribution in [0.4, 0.5) is 0 Å². The Bertz CT molecular complexity index is 493. The van der Waals surface area contributed by atoms with Crippen LogP contribution < -0.4 is 0 Å². The average molecular weight is 270 g/mol. The third-order valence-corrected chi connectivity index (χ3v) is 5.02. The molecule has 0 saturated heterocycles. The number of rotatable bonds is 3. The molecule has 0 spiro atoms. The number of benzene rings is 1. The van der Waals surface area contributed by atoms with Crippen molar-refractivity contribution in [2.45, 2.75) is 41.7 Å². The van der Waals surface area contributed by atoms with Crippen LogP contribution in [0.3, 0.4) is 0 Å². The van der Waals surface area contributed by atoms with E-state index in [-0.39, 0.29) is 0 Å². The molecule has 0 atom stereocenters. The van der Waals surface area contributed by atoms with E-state index >= 15 is 0 Å². The normalized spacial score (nSPS) is 23.2. The molecule has 0 bridgehead atoms. The first-order valence-corrected chi connectivity index (χ1v) is 7.78. The first-order valence-electron chi connectivity index (χ1n) is 6.90. The van der Waals surface area contributed by atoms with Gasteiger partial charge in [0.25, 0.3) is 0 Å². The number of aromatic nitrogens is 2. The van der Waals surface area contributed by atoms with Crippen molar-refractivity contribution in [2.75, 3.05) is 0 Å². The molecular formula is C16H18N2S. The highest BCUT2D eigenvalue weighted by atomic mass is 32.2. The van der Waals surface area contributed by atoms with Crippen molar-refractivity contribution in [1.29, 1.82) is 0 Å². The molecule has 2 aromatic rings. The van der Waals surface area contributed by atoms with E-state index in [2.05, 4.69) is 40.3 Å². The first-order chi connectivity index (χ1) is 9.42. The lowest BCUT2D eigenvalue weighted by Crippen LogP contribution is -2.16. The summed E-state index contributed by atoms with van der Waals surface area (Å²) in [5, 5.41) is 0.752. The Hall–Kier alpha value is -1.35. The van der Waals surface area contributed by atoms with E-state index < -0.39 is 0 Å². The van der Waals surface area contributed by atoms with Gasteiger partial charge in [-0.1, -0.05) is 18.2 Å². The second-order valence-electron chi connectivity index (χ2n) is 5.01. The summed E-state index contributed by atoms with van der Waals surface area (Å²) in [7, 11) is 0. The van der Waals surface area contributed by atoms with Gasteiger partial charge in [-0.3, -0.25) is 0 Å². The third kappa shape index (κ3) is 3.35. The minimum atomic E-state index is 0.564. The van der Waals surface area contributed by atoms with Crippen LogP contribution in [0.2, 0.25) is 0 Å². The Kier molecular flexibility index (Phi) is 4.13. The Balaban J connectivity index is 1.55. The minimum absolute atomic E-state index is 0.564. The highest BCUT2D eigenvalue weighted by Crippen LogP contribution is 2.38. The number of hydrogen-bond acceptors (Lipinski definition) is 3. The molecule has 19 heavy (non-hydrogen) atoms. The molecule has 98 valence electrons. The molecule has 1 aromatic carbocycles. The highest BCUT2D eigenvalue weighted by Gasteiger charge is 2.24. The van der Waals surface area contributed by atoms with Crippen molar-refractivity contribution in [1.82, 2.24) is 9.97 Å². The zero-order valence-corrected chi connectivity index (χ0v) is 11.7. The first kappa shape index (κ1) is 12.7. The van der Waals surface area contributed by atoms with Gasteiger partial charge < -0.3 is 0 Å². The van der Waals surface area contributed by atoms with Gasteiger partial charge in [-0.05, 0) is 43.9 Å². The molecule has 0 aliphatic heterocycles. The zero-order valence-electron chi connectivity index (χ0n) is 10.9. The van der Waals surface area contributed by atoms with Gasteiger partial charge in [-0.25, -0.2) is 9.97 Å². The van der Waals surface area contributed by atoms with Crippen LogP contribution in [-0.2, 0) is 0 Å². The van der Waals surface area contributed by atoms with Gasteiger partial charge in [0.2, 0.25) is 0 Å². The summed E-state index contributed by atoms with van der Waals surface area (Å²) in [5.74, 6) is 1.60. The van der Waals surface area contributed by atoms with E-state index in [0.29, 0.717) is 5.92 Å². The van der Waals surface area contributed by atoms with Crippen LogP contribution in [-0.4, -0.2) is 15.2 Å². The largest absolute Gasteiger partial charge is 0.241 e. The molecule has 1 aliphatic carbocycles. The standard InChI is InChI=1S/C16H18N2S/c1-2-5-14(6-3-1)19-15-9-7-13(8-10-15)16-17-11-4-12-18-16/h1-6,11-13,15H,7-10H2. The summed E-state index contributed by atoms with van der Waals surface area (Å²) in [6.07, 6.45) is 8.67. The monoisotopic (exact) mass is 270 g/mol. The van der Waals surface area contributed by atoms with Crippen LogP contribution in [0.5, 0.6) is 0 Å². The number of nitrogens with zero attached hydrogens (tertiary/aromatic N) is 2. The third-order valence-electron chi connectivity index (χ3n) is 3.67. The van der Waals surface area contributed by atoms with Gasteiger partial charge in [0, 0.05) is 28.5 Å². The molecule has 3 rings (SSSR count). The van der Waals surface area contributed by atoms with Gasteiger partial charge in [0.05, 0.1) is 0 Å². The second-order valence-corrected chi connectivity index (χ2v) is 6.39.